The molecule has 8 aromatic carbocycles. The van der Waals surface area contributed by atoms with Crippen LogP contribution in [0.3, 0.4) is 0 Å². The zero-order valence-corrected chi connectivity index (χ0v) is 23.6. The fourth-order valence-electron chi connectivity index (χ4n) is 6.66. The van der Waals surface area contributed by atoms with E-state index in [0.717, 1.165) is 17.1 Å². The predicted octanol–water partition coefficient (Wildman–Crippen LogP) is 12.1. The molecule has 2 heteroatoms. The molecule has 1 heterocycles. The standard InChI is InChI=1S/C40H25NS/c1-2-9-30(10-3-1)41(32-20-18-27-19-23-38-40(36(27)25-32)35-12-6-7-13-37(35)42-38)31-21-22-34-29(24-31)17-16-28-15-14-26-8-4-5-11-33(26)39(28)34/h1-25H. The van der Waals surface area contributed by atoms with Gasteiger partial charge in [-0.2, -0.15) is 0 Å². The molecule has 1 nitrogen and oxygen atoms in total. The Bertz CT molecular complexity index is 2470. The van der Waals surface area contributed by atoms with Crippen LogP contribution in [0.2, 0.25) is 0 Å². The smallest absolute Gasteiger partial charge is 0.0468 e. The van der Waals surface area contributed by atoms with Crippen LogP contribution < -0.4 is 4.90 Å². The Morgan fingerprint density at radius 2 is 0.952 bits per heavy atom. The Hall–Kier alpha value is -5.18. The Morgan fingerprint density at radius 3 is 1.86 bits per heavy atom. The molecule has 0 amide bonds. The van der Waals surface area contributed by atoms with Crippen LogP contribution in [-0.2, 0) is 0 Å². The third-order valence-corrected chi connectivity index (χ3v) is 9.72. The van der Waals surface area contributed by atoms with Crippen molar-refractivity contribution in [3.05, 3.63) is 152 Å². The lowest BCUT2D eigenvalue weighted by Gasteiger charge is -2.26. The van der Waals surface area contributed by atoms with Gasteiger partial charge in [-0.3, -0.25) is 0 Å². The minimum absolute atomic E-state index is 1.14. The molecule has 196 valence electrons. The number of rotatable bonds is 3. The molecule has 0 N–H and O–H groups in total. The van der Waals surface area contributed by atoms with Gasteiger partial charge >= 0.3 is 0 Å². The molecule has 0 bridgehead atoms. The average molecular weight is 552 g/mol. The molecule has 0 saturated heterocycles. The Labute approximate surface area is 247 Å². The van der Waals surface area contributed by atoms with E-state index in [-0.39, 0.29) is 0 Å². The lowest BCUT2D eigenvalue weighted by Crippen LogP contribution is -2.09. The second kappa shape index (κ2) is 9.17. The summed E-state index contributed by atoms with van der Waals surface area (Å²) in [7, 11) is 0. The molecule has 42 heavy (non-hydrogen) atoms. The van der Waals surface area contributed by atoms with Gasteiger partial charge in [0, 0.05) is 37.2 Å². The number of thiophene rings is 1. The molecule has 0 radical (unpaired) electrons. The van der Waals surface area contributed by atoms with E-state index in [1.165, 1.54) is 63.3 Å². The number of fused-ring (bicyclic) bond motifs is 10. The minimum Gasteiger partial charge on any atom is -0.310 e. The van der Waals surface area contributed by atoms with Crippen molar-refractivity contribution < 1.29 is 0 Å². The van der Waals surface area contributed by atoms with Crippen LogP contribution in [0.25, 0.3) is 63.3 Å². The largest absolute Gasteiger partial charge is 0.310 e. The van der Waals surface area contributed by atoms with E-state index < -0.39 is 0 Å². The van der Waals surface area contributed by atoms with E-state index in [9.17, 15) is 0 Å². The Kier molecular flexibility index (Phi) is 5.13. The lowest BCUT2D eigenvalue weighted by atomic mass is 9.96. The summed E-state index contributed by atoms with van der Waals surface area (Å²) in [6.45, 7) is 0. The van der Waals surface area contributed by atoms with E-state index >= 15 is 0 Å². The topological polar surface area (TPSA) is 3.24 Å². The quantitative estimate of drug-likeness (QED) is 0.197. The van der Waals surface area contributed by atoms with Crippen molar-refractivity contribution in [2.75, 3.05) is 4.90 Å². The first-order chi connectivity index (χ1) is 20.8. The summed E-state index contributed by atoms with van der Waals surface area (Å²) < 4.78 is 2.66. The number of nitrogens with zero attached hydrogens (tertiary/aromatic N) is 1. The van der Waals surface area contributed by atoms with Crippen LogP contribution in [-0.4, -0.2) is 0 Å². The highest BCUT2D eigenvalue weighted by Gasteiger charge is 2.16. The number of benzene rings is 8. The van der Waals surface area contributed by atoms with Gasteiger partial charge in [0.1, 0.15) is 0 Å². The highest BCUT2D eigenvalue weighted by Crippen LogP contribution is 2.43. The summed E-state index contributed by atoms with van der Waals surface area (Å²) in [5, 5.41) is 12.9. The molecule has 0 aliphatic rings. The summed E-state index contributed by atoms with van der Waals surface area (Å²) in [6.07, 6.45) is 0. The molecule has 0 fully saturated rings. The molecule has 0 atom stereocenters. The third kappa shape index (κ3) is 3.56. The van der Waals surface area contributed by atoms with Crippen LogP contribution in [0.1, 0.15) is 0 Å². The van der Waals surface area contributed by atoms with E-state index in [2.05, 4.69) is 157 Å². The molecule has 0 unspecified atom stereocenters. The molecular formula is C40H25NS. The van der Waals surface area contributed by atoms with Gasteiger partial charge in [0.05, 0.1) is 0 Å². The molecule has 9 rings (SSSR count). The van der Waals surface area contributed by atoms with Crippen LogP contribution in [0.4, 0.5) is 17.1 Å². The highest BCUT2D eigenvalue weighted by atomic mass is 32.1. The van der Waals surface area contributed by atoms with Gasteiger partial charge in [0.2, 0.25) is 0 Å². The molecular weight excluding hydrogens is 527 g/mol. The monoisotopic (exact) mass is 551 g/mol. The fourth-order valence-corrected chi connectivity index (χ4v) is 7.78. The van der Waals surface area contributed by atoms with Crippen molar-refractivity contribution in [2.45, 2.75) is 0 Å². The van der Waals surface area contributed by atoms with Gasteiger partial charge in [0.15, 0.2) is 0 Å². The first kappa shape index (κ1) is 23.5. The zero-order valence-electron chi connectivity index (χ0n) is 22.8. The van der Waals surface area contributed by atoms with Gasteiger partial charge in [0.25, 0.3) is 0 Å². The second-order valence-electron chi connectivity index (χ2n) is 11.0. The van der Waals surface area contributed by atoms with Gasteiger partial charge < -0.3 is 4.90 Å². The second-order valence-corrected chi connectivity index (χ2v) is 12.1. The zero-order chi connectivity index (χ0) is 27.6. The summed E-state index contributed by atoms with van der Waals surface area (Å²) >= 11 is 1.87. The number of para-hydroxylation sites is 1. The van der Waals surface area contributed by atoms with E-state index in [4.69, 9.17) is 0 Å². The molecule has 0 saturated carbocycles. The molecule has 0 aliphatic carbocycles. The SMILES string of the molecule is c1ccc(N(c2ccc3c(ccc4ccc5ccccc5c43)c2)c2ccc3ccc4sc5ccccc5c4c3c2)cc1. The van der Waals surface area contributed by atoms with Gasteiger partial charge in [-0.15, -0.1) is 11.3 Å². The van der Waals surface area contributed by atoms with Crippen molar-refractivity contribution >= 4 is 91.7 Å². The predicted molar refractivity (Wildman–Crippen MR) is 184 cm³/mol. The fraction of sp³-hybridized carbons (Fsp3) is 0. The Balaban J connectivity index is 1.29. The third-order valence-electron chi connectivity index (χ3n) is 8.58. The lowest BCUT2D eigenvalue weighted by molar-refractivity contribution is 1.30. The highest BCUT2D eigenvalue weighted by molar-refractivity contribution is 7.26. The average Bonchev–Trinajstić information content (AvgIpc) is 3.44. The van der Waals surface area contributed by atoms with Crippen molar-refractivity contribution in [3.63, 3.8) is 0 Å². The number of hydrogen-bond acceptors (Lipinski definition) is 2. The first-order valence-corrected chi connectivity index (χ1v) is 15.2. The van der Waals surface area contributed by atoms with E-state index in [1.54, 1.807) is 0 Å². The van der Waals surface area contributed by atoms with Gasteiger partial charge in [-0.05, 0) is 91.6 Å². The summed E-state index contributed by atoms with van der Waals surface area (Å²) in [5.41, 5.74) is 3.45. The maximum absolute atomic E-state index is 2.39. The summed E-state index contributed by atoms with van der Waals surface area (Å²) in [5.74, 6) is 0. The van der Waals surface area contributed by atoms with Crippen LogP contribution >= 0.6 is 11.3 Å². The first-order valence-electron chi connectivity index (χ1n) is 14.4. The number of anilines is 3. The molecule has 0 spiro atoms. The van der Waals surface area contributed by atoms with Crippen molar-refractivity contribution in [3.8, 4) is 0 Å². The van der Waals surface area contributed by atoms with Crippen LogP contribution in [0, 0.1) is 0 Å². The van der Waals surface area contributed by atoms with E-state index in [1.807, 2.05) is 11.3 Å². The maximum atomic E-state index is 2.39. The molecule has 0 aliphatic heterocycles. The van der Waals surface area contributed by atoms with Crippen molar-refractivity contribution in [1.82, 2.24) is 0 Å². The summed E-state index contributed by atoms with van der Waals surface area (Å²) in [4.78, 5) is 2.39. The van der Waals surface area contributed by atoms with Gasteiger partial charge in [-0.25, -0.2) is 0 Å². The Morgan fingerprint density at radius 1 is 0.333 bits per heavy atom. The van der Waals surface area contributed by atoms with Crippen molar-refractivity contribution in [2.24, 2.45) is 0 Å². The van der Waals surface area contributed by atoms with Crippen LogP contribution in [0.15, 0.2) is 152 Å². The maximum Gasteiger partial charge on any atom is 0.0468 e. The number of hydrogen-bond donors (Lipinski definition) is 0. The van der Waals surface area contributed by atoms with E-state index in [0.29, 0.717) is 0 Å². The van der Waals surface area contributed by atoms with Crippen LogP contribution in [0.5, 0.6) is 0 Å². The minimum atomic E-state index is 1.14. The summed E-state index contributed by atoms with van der Waals surface area (Å²) in [6, 6.07) is 55.5. The molecule has 1 aromatic heterocycles. The molecule has 9 aromatic rings. The normalized spacial score (nSPS) is 11.8. The van der Waals surface area contributed by atoms with Crippen molar-refractivity contribution in [1.29, 1.82) is 0 Å². The van der Waals surface area contributed by atoms with Gasteiger partial charge in [-0.1, -0.05) is 103 Å².